The number of pyridine rings is 1. The standard InChI is InChI=1S/C21H25N7O4/c1-14-17(12-32-19(14)30)27-9-5-21(20(27)31)3-7-26(8-4-21)11-18(29)16-10-15(2-6-22-16)28-13-23-24-25-28/h2,6,10,13,18,29H,3-5,7-9,11-12H2,1H3. The minimum absolute atomic E-state index is 0.0983. The molecule has 0 radical (unpaired) electrons. The Morgan fingerprint density at radius 1 is 1.22 bits per heavy atom. The highest BCUT2D eigenvalue weighted by molar-refractivity contribution is 5.94. The number of amides is 1. The van der Waals surface area contributed by atoms with Gasteiger partial charge in [0.05, 0.1) is 28.1 Å². The predicted octanol–water partition coefficient (Wildman–Crippen LogP) is 0.236. The number of rotatable bonds is 5. The van der Waals surface area contributed by atoms with Crippen LogP contribution in [0.25, 0.3) is 5.69 Å². The van der Waals surface area contributed by atoms with Crippen molar-refractivity contribution >= 4 is 11.9 Å². The molecule has 2 aromatic rings. The number of cyclic esters (lactones) is 1. The first kappa shape index (κ1) is 20.7. The molecule has 1 atom stereocenters. The van der Waals surface area contributed by atoms with Gasteiger partial charge in [-0.25, -0.2) is 9.48 Å². The van der Waals surface area contributed by atoms with Crippen LogP contribution in [0.5, 0.6) is 0 Å². The largest absolute Gasteiger partial charge is 0.456 e. The third kappa shape index (κ3) is 3.56. The molecule has 0 aromatic carbocycles. The maximum Gasteiger partial charge on any atom is 0.336 e. The lowest BCUT2D eigenvalue weighted by Crippen LogP contribution is -2.45. The number of aliphatic hydroxyl groups is 1. The summed E-state index contributed by atoms with van der Waals surface area (Å²) in [5, 5.41) is 21.9. The van der Waals surface area contributed by atoms with Crippen molar-refractivity contribution < 1.29 is 19.4 Å². The summed E-state index contributed by atoms with van der Waals surface area (Å²) in [5.74, 6) is -0.239. The van der Waals surface area contributed by atoms with Crippen LogP contribution in [0.2, 0.25) is 0 Å². The zero-order chi connectivity index (χ0) is 22.3. The molecule has 1 amide bonds. The monoisotopic (exact) mass is 439 g/mol. The molecule has 2 aromatic heterocycles. The molecule has 1 unspecified atom stereocenters. The van der Waals surface area contributed by atoms with Gasteiger partial charge in [-0.15, -0.1) is 5.10 Å². The fraction of sp³-hybridized carbons (Fsp3) is 0.524. The molecule has 0 saturated carbocycles. The molecule has 1 spiro atoms. The van der Waals surface area contributed by atoms with E-state index in [0.717, 1.165) is 38.0 Å². The van der Waals surface area contributed by atoms with Gasteiger partial charge in [-0.1, -0.05) is 0 Å². The van der Waals surface area contributed by atoms with Crippen LogP contribution < -0.4 is 0 Å². The van der Waals surface area contributed by atoms with Crippen LogP contribution in [-0.4, -0.2) is 84.8 Å². The normalized spacial score (nSPS) is 22.1. The number of likely N-dealkylation sites (tertiary alicyclic amines) is 2. The highest BCUT2D eigenvalue weighted by Crippen LogP contribution is 2.43. The molecule has 2 saturated heterocycles. The lowest BCUT2D eigenvalue weighted by molar-refractivity contribution is -0.138. The van der Waals surface area contributed by atoms with E-state index in [9.17, 15) is 14.7 Å². The van der Waals surface area contributed by atoms with Crippen molar-refractivity contribution in [2.45, 2.75) is 32.3 Å². The summed E-state index contributed by atoms with van der Waals surface area (Å²) < 4.78 is 6.60. The summed E-state index contributed by atoms with van der Waals surface area (Å²) in [4.78, 5) is 33.2. The Hall–Kier alpha value is -3.18. The number of ether oxygens (including phenoxy) is 1. The quantitative estimate of drug-likeness (QED) is 0.652. The van der Waals surface area contributed by atoms with Crippen LogP contribution in [0, 0.1) is 5.41 Å². The number of β-amino-alcohol motifs (C(OH)–C–C–N with tert-alkyl or cyclic N) is 1. The molecule has 3 aliphatic rings. The second kappa shape index (κ2) is 8.06. The van der Waals surface area contributed by atoms with Gasteiger partial charge < -0.3 is 19.6 Å². The smallest absolute Gasteiger partial charge is 0.336 e. The van der Waals surface area contributed by atoms with Gasteiger partial charge in [0, 0.05) is 19.3 Å². The Morgan fingerprint density at radius 2 is 2.00 bits per heavy atom. The molecule has 5 rings (SSSR count). The fourth-order valence-corrected chi connectivity index (χ4v) is 4.83. The number of hydrogen-bond donors (Lipinski definition) is 1. The van der Waals surface area contributed by atoms with E-state index < -0.39 is 11.5 Å². The molecule has 3 aliphatic heterocycles. The number of tetrazole rings is 1. The number of aromatic nitrogens is 5. The highest BCUT2D eigenvalue weighted by atomic mass is 16.5. The first-order valence-corrected chi connectivity index (χ1v) is 10.8. The van der Waals surface area contributed by atoms with Gasteiger partial charge in [-0.3, -0.25) is 9.78 Å². The zero-order valence-electron chi connectivity index (χ0n) is 17.8. The average Bonchev–Trinajstić information content (AvgIpc) is 3.53. The maximum atomic E-state index is 13.3. The van der Waals surface area contributed by atoms with Crippen LogP contribution >= 0.6 is 0 Å². The number of carbonyl (C=O) groups excluding carboxylic acids is 2. The van der Waals surface area contributed by atoms with Gasteiger partial charge in [-0.2, -0.15) is 0 Å². The Morgan fingerprint density at radius 3 is 2.69 bits per heavy atom. The van der Waals surface area contributed by atoms with Gasteiger partial charge in [0.25, 0.3) is 0 Å². The lowest BCUT2D eigenvalue weighted by atomic mass is 9.77. The molecule has 2 fully saturated rings. The van der Waals surface area contributed by atoms with Crippen molar-refractivity contribution in [3.63, 3.8) is 0 Å². The highest BCUT2D eigenvalue weighted by Gasteiger charge is 2.50. The van der Waals surface area contributed by atoms with Gasteiger partial charge in [0.2, 0.25) is 5.91 Å². The molecular weight excluding hydrogens is 414 g/mol. The van der Waals surface area contributed by atoms with Crippen LogP contribution in [0.4, 0.5) is 0 Å². The first-order valence-electron chi connectivity index (χ1n) is 10.8. The van der Waals surface area contributed by atoms with Gasteiger partial charge in [-0.05, 0) is 61.8 Å². The fourth-order valence-electron chi connectivity index (χ4n) is 4.83. The topological polar surface area (TPSA) is 127 Å². The molecule has 11 heteroatoms. The molecule has 32 heavy (non-hydrogen) atoms. The second-order valence-corrected chi connectivity index (χ2v) is 8.64. The van der Waals surface area contributed by atoms with E-state index in [-0.39, 0.29) is 18.5 Å². The second-order valence-electron chi connectivity index (χ2n) is 8.64. The summed E-state index contributed by atoms with van der Waals surface area (Å²) in [7, 11) is 0. The minimum atomic E-state index is -0.759. The van der Waals surface area contributed by atoms with E-state index in [1.54, 1.807) is 30.2 Å². The predicted molar refractivity (Wildman–Crippen MR) is 110 cm³/mol. The van der Waals surface area contributed by atoms with Crippen LogP contribution in [0.15, 0.2) is 35.9 Å². The Balaban J connectivity index is 1.21. The minimum Gasteiger partial charge on any atom is -0.456 e. The summed E-state index contributed by atoms with van der Waals surface area (Å²) in [6.45, 7) is 4.40. The van der Waals surface area contributed by atoms with E-state index in [2.05, 4.69) is 25.4 Å². The SMILES string of the molecule is CC1=C(N2CCC3(CCN(CC(O)c4cc(-n5cnnn5)ccn4)CC3)C2=O)COC1=O. The summed E-state index contributed by atoms with van der Waals surface area (Å²) in [5.41, 5.74) is 2.14. The molecule has 5 heterocycles. The van der Waals surface area contributed by atoms with Crippen molar-refractivity contribution in [3.05, 3.63) is 41.6 Å². The molecule has 168 valence electrons. The van der Waals surface area contributed by atoms with Gasteiger partial charge >= 0.3 is 5.97 Å². The van der Waals surface area contributed by atoms with E-state index in [1.165, 1.54) is 11.0 Å². The van der Waals surface area contributed by atoms with Crippen LogP contribution in [-0.2, 0) is 14.3 Å². The van der Waals surface area contributed by atoms with Crippen molar-refractivity contribution in [1.82, 2.24) is 35.0 Å². The summed E-state index contributed by atoms with van der Waals surface area (Å²) >= 11 is 0. The summed E-state index contributed by atoms with van der Waals surface area (Å²) in [6.07, 6.45) is 4.60. The Bertz CT molecular complexity index is 1060. The average molecular weight is 439 g/mol. The van der Waals surface area contributed by atoms with Crippen LogP contribution in [0.3, 0.4) is 0 Å². The number of hydrogen-bond acceptors (Lipinski definition) is 9. The van der Waals surface area contributed by atoms with Crippen molar-refractivity contribution in [2.24, 2.45) is 5.41 Å². The third-order valence-corrected chi connectivity index (χ3v) is 6.88. The molecular formula is C21H25N7O4. The number of piperidine rings is 1. The van der Waals surface area contributed by atoms with E-state index >= 15 is 0 Å². The molecule has 11 nitrogen and oxygen atoms in total. The number of nitrogens with zero attached hydrogens (tertiary/aromatic N) is 7. The van der Waals surface area contributed by atoms with Crippen molar-refractivity contribution in [1.29, 1.82) is 0 Å². The van der Waals surface area contributed by atoms with E-state index in [1.807, 2.05) is 0 Å². The molecule has 0 aliphatic carbocycles. The van der Waals surface area contributed by atoms with E-state index in [0.29, 0.717) is 30.1 Å². The lowest BCUT2D eigenvalue weighted by Gasteiger charge is -2.38. The van der Waals surface area contributed by atoms with Gasteiger partial charge in [0.15, 0.2) is 0 Å². The zero-order valence-corrected chi connectivity index (χ0v) is 17.8. The third-order valence-electron chi connectivity index (χ3n) is 6.88. The van der Waals surface area contributed by atoms with Crippen LogP contribution in [0.1, 0.15) is 38.0 Å². The molecule has 0 bridgehead atoms. The van der Waals surface area contributed by atoms with Crippen molar-refractivity contribution in [3.8, 4) is 5.69 Å². The number of carbonyl (C=O) groups is 2. The number of esters is 1. The summed E-state index contributed by atoms with van der Waals surface area (Å²) in [6, 6.07) is 3.54. The van der Waals surface area contributed by atoms with E-state index in [4.69, 9.17) is 4.74 Å². The Kier molecular flexibility index (Phi) is 5.22. The first-order chi connectivity index (χ1) is 15.5. The van der Waals surface area contributed by atoms with Crippen molar-refractivity contribution in [2.75, 3.05) is 32.8 Å². The Labute approximate surface area is 184 Å². The maximum absolute atomic E-state index is 13.3. The molecule has 1 N–H and O–H groups in total. The number of aliphatic hydroxyl groups excluding tert-OH is 1. The van der Waals surface area contributed by atoms with Gasteiger partial charge in [0.1, 0.15) is 19.0 Å².